The summed E-state index contributed by atoms with van der Waals surface area (Å²) in [4.78, 5) is 20.9. The van der Waals surface area contributed by atoms with Gasteiger partial charge in [-0.1, -0.05) is 0 Å². The van der Waals surface area contributed by atoms with E-state index in [9.17, 15) is 9.59 Å². The van der Waals surface area contributed by atoms with Crippen LogP contribution in [0.2, 0.25) is 0 Å². The van der Waals surface area contributed by atoms with Gasteiger partial charge in [0, 0.05) is 31.8 Å². The van der Waals surface area contributed by atoms with Crippen molar-refractivity contribution in [1.82, 2.24) is 4.90 Å². The normalized spacial score (nSPS) is 9.20. The van der Waals surface area contributed by atoms with Gasteiger partial charge in [0.05, 0.1) is 19.8 Å². The van der Waals surface area contributed by atoms with Gasteiger partial charge < -0.3 is 31.0 Å². The van der Waals surface area contributed by atoms with E-state index in [1.165, 1.54) is 0 Å². The molecule has 0 amide bonds. The summed E-state index contributed by atoms with van der Waals surface area (Å²) < 4.78 is 0. The van der Waals surface area contributed by atoms with Crippen LogP contribution in [0.3, 0.4) is 0 Å². The van der Waals surface area contributed by atoms with Crippen molar-refractivity contribution in [1.29, 1.82) is 0 Å². The molecule has 0 radical (unpaired) electrons. The molecule has 6 N–H and O–H groups in total. The second kappa shape index (κ2) is 20.3. The summed E-state index contributed by atoms with van der Waals surface area (Å²) in [5.74, 6) is -2.51. The van der Waals surface area contributed by atoms with Crippen LogP contribution in [0.25, 0.3) is 0 Å². The monoisotopic (exact) mass is 356 g/mol. The first-order valence-corrected chi connectivity index (χ1v) is 5.16. The van der Waals surface area contributed by atoms with Crippen molar-refractivity contribution in [3.05, 3.63) is 12.2 Å². The van der Waals surface area contributed by atoms with Crippen molar-refractivity contribution in [2.45, 2.75) is 0 Å². The van der Waals surface area contributed by atoms with Gasteiger partial charge in [-0.2, -0.15) is 0 Å². The number of carboxylic acid groups (broad SMARTS) is 2. The second-order valence-corrected chi connectivity index (χ2v) is 3.02. The summed E-state index contributed by atoms with van der Waals surface area (Å²) in [5, 5.41) is 41.1. The van der Waals surface area contributed by atoms with Crippen LogP contribution in [0, 0.1) is 0 Å². The van der Waals surface area contributed by atoms with Gasteiger partial charge in [-0.3, -0.25) is 4.90 Å². The molecule has 0 atom stereocenters. The maximum Gasteiger partial charge on any atom is 4.00 e. The number of hydrogen-bond acceptors (Lipinski definition) is 7. The largest absolute Gasteiger partial charge is 4.00 e. The Hall–Kier alpha value is -0.977. The quantitative estimate of drug-likeness (QED) is 0.232. The van der Waals surface area contributed by atoms with Crippen LogP contribution in [-0.4, -0.2) is 105 Å². The molecule has 0 spiro atoms. The minimum Gasteiger partial charge on any atom is -0.870 e. The topological polar surface area (TPSA) is 169 Å². The Bertz CT molecular complexity index is 231. The number of carboxylic acids is 2. The minimum absolute atomic E-state index is 0. The molecule has 0 aromatic rings. The molecule has 0 rings (SSSR count). The van der Waals surface area contributed by atoms with E-state index in [1.807, 2.05) is 0 Å². The van der Waals surface area contributed by atoms with E-state index in [2.05, 4.69) is 0 Å². The zero-order valence-electron chi connectivity index (χ0n) is 10.8. The van der Waals surface area contributed by atoms with Crippen LogP contribution >= 0.6 is 0 Å². The molecule has 0 fully saturated rings. The Labute approximate surface area is 127 Å². The molecule has 0 saturated heterocycles. The van der Waals surface area contributed by atoms with Crippen LogP contribution in [-0.2, 0) is 9.59 Å². The first-order chi connectivity index (χ1) is 8.47. The van der Waals surface area contributed by atoms with Crippen LogP contribution < -0.4 is 0 Å². The molecule has 0 aliphatic heterocycles. The molecule has 0 unspecified atom stereocenters. The predicted molar refractivity (Wildman–Crippen MR) is 69.8 cm³/mol. The van der Waals surface area contributed by atoms with Crippen molar-refractivity contribution < 1.29 is 40.6 Å². The van der Waals surface area contributed by atoms with Gasteiger partial charge in [0.15, 0.2) is 0 Å². The van der Waals surface area contributed by atoms with Gasteiger partial charge >= 0.3 is 29.5 Å². The molecule has 0 aliphatic carbocycles. The van der Waals surface area contributed by atoms with E-state index < -0.39 is 11.9 Å². The van der Waals surface area contributed by atoms with Crippen LogP contribution in [0.15, 0.2) is 12.2 Å². The summed E-state index contributed by atoms with van der Waals surface area (Å²) in [6.07, 6.45) is 1.12. The van der Waals surface area contributed by atoms with Crippen molar-refractivity contribution in [3.8, 4) is 0 Å². The zero-order valence-corrected chi connectivity index (χ0v) is 12.9. The third-order valence-electron chi connectivity index (χ3n) is 1.62. The number of nitrogens with zero attached hydrogens (tertiary/aromatic N) is 1. The van der Waals surface area contributed by atoms with Crippen LogP contribution in [0.4, 0.5) is 0 Å². The second-order valence-electron chi connectivity index (χ2n) is 3.02. The van der Waals surface area contributed by atoms with Crippen molar-refractivity contribution in [3.63, 3.8) is 0 Å². The molecule has 10 heteroatoms. The number of rotatable bonds is 8. The number of aliphatic hydroxyl groups is 3. The molecule has 20 heavy (non-hydrogen) atoms. The van der Waals surface area contributed by atoms with Gasteiger partial charge in [-0.15, -0.1) is 0 Å². The molecular weight excluding hydrogens is 335 g/mol. The fourth-order valence-electron chi connectivity index (χ4n) is 0.902. The Kier molecular flexibility index (Phi) is 27.8. The fraction of sp³-hybridized carbons (Fsp3) is 0.600. The van der Waals surface area contributed by atoms with Gasteiger partial charge in [0.25, 0.3) is 0 Å². The van der Waals surface area contributed by atoms with E-state index in [-0.39, 0.29) is 42.9 Å². The van der Waals surface area contributed by atoms with Crippen molar-refractivity contribution >= 4 is 29.5 Å². The van der Waals surface area contributed by atoms with E-state index in [0.29, 0.717) is 31.8 Å². The molecule has 0 saturated carbocycles. The van der Waals surface area contributed by atoms with Crippen molar-refractivity contribution in [2.75, 3.05) is 39.5 Å². The third-order valence-corrected chi connectivity index (χ3v) is 1.62. The minimum atomic E-state index is -1.26. The first-order valence-electron chi connectivity index (χ1n) is 5.16. The number of carbonyl (C=O) groups is 2. The molecular formula is C10H20GeNO8+3. The van der Waals surface area contributed by atoms with Crippen LogP contribution in [0.5, 0.6) is 0 Å². The maximum atomic E-state index is 9.55. The molecule has 114 valence electrons. The van der Waals surface area contributed by atoms with Crippen LogP contribution in [0.1, 0.15) is 0 Å². The van der Waals surface area contributed by atoms with Gasteiger partial charge in [0.1, 0.15) is 0 Å². The fourth-order valence-corrected chi connectivity index (χ4v) is 0.902. The number of aliphatic hydroxyl groups excluding tert-OH is 3. The first kappa shape index (κ1) is 27.4. The van der Waals surface area contributed by atoms with E-state index >= 15 is 0 Å². The maximum absolute atomic E-state index is 9.55. The SMILES string of the molecule is O=C(O)/C=C/C(=O)O.OCCN(CCO)CCO.[Ge+4].[OH-]. The van der Waals surface area contributed by atoms with Gasteiger partial charge in [-0.05, 0) is 0 Å². The average molecular weight is 355 g/mol. The molecule has 9 nitrogen and oxygen atoms in total. The van der Waals surface area contributed by atoms with E-state index in [1.54, 1.807) is 4.90 Å². The standard InChI is InChI=1S/C6H15NO3.C4H4O4.Ge.H2O/c8-4-1-7(2-5-9)3-6-10;5-3(6)1-2-4(7)8;;/h8-10H,1-6H2;1-2H,(H,5,6)(H,7,8);;1H2/q;;+4;/p-1/b;2-1+;;. The number of hydrogen-bond donors (Lipinski definition) is 5. The molecule has 0 aromatic heterocycles. The van der Waals surface area contributed by atoms with Crippen molar-refractivity contribution in [2.24, 2.45) is 0 Å². The van der Waals surface area contributed by atoms with Gasteiger partial charge in [-0.25, -0.2) is 9.59 Å². The van der Waals surface area contributed by atoms with E-state index in [0.717, 1.165) is 0 Å². The summed E-state index contributed by atoms with van der Waals surface area (Å²) >= 11 is 0. The summed E-state index contributed by atoms with van der Waals surface area (Å²) in [6, 6.07) is 0. The molecule has 0 heterocycles. The average Bonchev–Trinajstić information content (AvgIpc) is 2.28. The molecule has 0 aliphatic rings. The number of aliphatic carboxylic acids is 2. The van der Waals surface area contributed by atoms with Gasteiger partial charge in [0.2, 0.25) is 0 Å². The summed E-state index contributed by atoms with van der Waals surface area (Å²) in [6.45, 7) is 1.75. The molecule has 0 bridgehead atoms. The molecule has 0 aromatic carbocycles. The Morgan fingerprint density at radius 1 is 0.800 bits per heavy atom. The summed E-state index contributed by atoms with van der Waals surface area (Å²) in [5.41, 5.74) is 0. The zero-order chi connectivity index (χ0) is 14.4. The van der Waals surface area contributed by atoms with E-state index in [4.69, 9.17) is 25.5 Å². The third kappa shape index (κ3) is 25.8. The Morgan fingerprint density at radius 3 is 1.20 bits per heavy atom. The Balaban J connectivity index is -0.000000119. The smallest absolute Gasteiger partial charge is 0.870 e. The summed E-state index contributed by atoms with van der Waals surface area (Å²) in [7, 11) is 0. The predicted octanol–water partition coefficient (Wildman–Crippen LogP) is -2.58. The Morgan fingerprint density at radius 2 is 1.05 bits per heavy atom.